The molecule has 0 aliphatic carbocycles. The third-order valence-corrected chi connectivity index (χ3v) is 2.82. The number of aryl methyl sites for hydroxylation is 1. The van der Waals surface area contributed by atoms with Gasteiger partial charge in [0.1, 0.15) is 0 Å². The number of benzene rings is 1. The SMILES string of the molecule is Cc1cc(N)cn2nc(-c3ccc(F)c(F)c3)nc12. The topological polar surface area (TPSA) is 56.2 Å². The molecule has 0 saturated heterocycles. The highest BCUT2D eigenvalue weighted by Gasteiger charge is 2.11. The number of hydrogen-bond acceptors (Lipinski definition) is 3. The van der Waals surface area contributed by atoms with E-state index < -0.39 is 11.6 Å². The lowest BCUT2D eigenvalue weighted by atomic mass is 10.2. The number of aromatic nitrogens is 3. The van der Waals surface area contributed by atoms with Crippen LogP contribution in [0.5, 0.6) is 0 Å². The van der Waals surface area contributed by atoms with Crippen molar-refractivity contribution < 1.29 is 8.78 Å². The van der Waals surface area contributed by atoms with Gasteiger partial charge in [-0.3, -0.25) is 0 Å². The molecule has 3 aromatic rings. The van der Waals surface area contributed by atoms with E-state index in [1.165, 1.54) is 10.6 Å². The summed E-state index contributed by atoms with van der Waals surface area (Å²) in [5.74, 6) is -1.49. The van der Waals surface area contributed by atoms with Crippen LogP contribution in [0.4, 0.5) is 14.5 Å². The summed E-state index contributed by atoms with van der Waals surface area (Å²) < 4.78 is 27.6. The minimum atomic E-state index is -0.924. The Labute approximate surface area is 107 Å². The predicted octanol–water partition coefficient (Wildman–Crippen LogP) is 2.57. The highest BCUT2D eigenvalue weighted by molar-refractivity contribution is 5.61. The van der Waals surface area contributed by atoms with Gasteiger partial charge < -0.3 is 5.73 Å². The van der Waals surface area contributed by atoms with E-state index in [1.54, 1.807) is 12.3 Å². The lowest BCUT2D eigenvalue weighted by molar-refractivity contribution is 0.509. The number of fused-ring (bicyclic) bond motifs is 1. The molecule has 0 amide bonds. The maximum atomic E-state index is 13.2. The van der Waals surface area contributed by atoms with Crippen molar-refractivity contribution in [1.29, 1.82) is 0 Å². The van der Waals surface area contributed by atoms with Gasteiger partial charge in [-0.1, -0.05) is 0 Å². The zero-order chi connectivity index (χ0) is 13.6. The van der Waals surface area contributed by atoms with Gasteiger partial charge in [-0.15, -0.1) is 5.10 Å². The van der Waals surface area contributed by atoms with Gasteiger partial charge >= 0.3 is 0 Å². The van der Waals surface area contributed by atoms with Crippen LogP contribution in [0, 0.1) is 18.6 Å². The molecule has 2 heterocycles. The van der Waals surface area contributed by atoms with Crippen molar-refractivity contribution >= 4 is 11.3 Å². The van der Waals surface area contributed by atoms with Crippen LogP contribution < -0.4 is 5.73 Å². The van der Waals surface area contributed by atoms with Crippen molar-refractivity contribution in [2.24, 2.45) is 0 Å². The third-order valence-electron chi connectivity index (χ3n) is 2.82. The highest BCUT2D eigenvalue weighted by Crippen LogP contribution is 2.21. The van der Waals surface area contributed by atoms with E-state index in [1.807, 2.05) is 6.92 Å². The Morgan fingerprint density at radius 1 is 1.16 bits per heavy atom. The van der Waals surface area contributed by atoms with Crippen molar-refractivity contribution in [2.75, 3.05) is 5.73 Å². The number of nitrogens with zero attached hydrogens (tertiary/aromatic N) is 3. The monoisotopic (exact) mass is 260 g/mol. The molecule has 4 nitrogen and oxygen atoms in total. The molecular weight excluding hydrogens is 250 g/mol. The fraction of sp³-hybridized carbons (Fsp3) is 0.0769. The molecule has 1 aromatic carbocycles. The minimum Gasteiger partial charge on any atom is -0.397 e. The average molecular weight is 260 g/mol. The fourth-order valence-electron chi connectivity index (χ4n) is 1.93. The Morgan fingerprint density at radius 2 is 1.95 bits per heavy atom. The zero-order valence-electron chi connectivity index (χ0n) is 10.1. The lowest BCUT2D eigenvalue weighted by Crippen LogP contribution is -1.94. The molecule has 0 saturated carbocycles. The molecule has 3 rings (SSSR count). The van der Waals surface area contributed by atoms with Crippen molar-refractivity contribution in [2.45, 2.75) is 6.92 Å². The molecule has 19 heavy (non-hydrogen) atoms. The maximum absolute atomic E-state index is 13.2. The summed E-state index contributed by atoms with van der Waals surface area (Å²) in [4.78, 5) is 4.30. The molecule has 0 unspecified atom stereocenters. The van der Waals surface area contributed by atoms with Gasteiger partial charge in [0, 0.05) is 5.56 Å². The molecule has 0 atom stereocenters. The molecular formula is C13H10F2N4. The zero-order valence-corrected chi connectivity index (χ0v) is 10.1. The van der Waals surface area contributed by atoms with Crippen LogP contribution in [0.25, 0.3) is 17.0 Å². The summed E-state index contributed by atoms with van der Waals surface area (Å²) >= 11 is 0. The number of anilines is 1. The van der Waals surface area contributed by atoms with E-state index in [-0.39, 0.29) is 0 Å². The van der Waals surface area contributed by atoms with Crippen molar-refractivity contribution in [3.8, 4) is 11.4 Å². The summed E-state index contributed by atoms with van der Waals surface area (Å²) in [6, 6.07) is 5.34. The van der Waals surface area contributed by atoms with Gasteiger partial charge in [0.05, 0.1) is 11.9 Å². The van der Waals surface area contributed by atoms with Crippen molar-refractivity contribution in [3.63, 3.8) is 0 Å². The molecule has 2 N–H and O–H groups in total. The third kappa shape index (κ3) is 1.91. The van der Waals surface area contributed by atoms with Crippen LogP contribution in [-0.2, 0) is 0 Å². The van der Waals surface area contributed by atoms with Gasteiger partial charge in [0.25, 0.3) is 0 Å². The van der Waals surface area contributed by atoms with Crippen LogP contribution >= 0.6 is 0 Å². The molecule has 0 radical (unpaired) electrons. The first-order valence-electron chi connectivity index (χ1n) is 5.62. The Balaban J connectivity index is 2.20. The second-order valence-corrected chi connectivity index (χ2v) is 4.29. The number of pyridine rings is 1. The molecule has 0 bridgehead atoms. The number of hydrogen-bond donors (Lipinski definition) is 1. The number of nitrogen functional groups attached to an aromatic ring is 1. The van der Waals surface area contributed by atoms with Crippen LogP contribution in [0.1, 0.15) is 5.56 Å². The summed E-state index contributed by atoms with van der Waals surface area (Å²) in [7, 11) is 0. The molecule has 96 valence electrons. The Bertz CT molecular complexity index is 780. The largest absolute Gasteiger partial charge is 0.397 e. The van der Waals surface area contributed by atoms with E-state index in [0.29, 0.717) is 22.7 Å². The van der Waals surface area contributed by atoms with Crippen molar-refractivity contribution in [3.05, 3.63) is 47.7 Å². The number of halogens is 2. The molecule has 2 aromatic heterocycles. The Morgan fingerprint density at radius 3 is 2.68 bits per heavy atom. The van der Waals surface area contributed by atoms with E-state index in [4.69, 9.17) is 5.73 Å². The molecule has 6 heteroatoms. The van der Waals surface area contributed by atoms with Gasteiger partial charge in [0.2, 0.25) is 0 Å². The first-order valence-corrected chi connectivity index (χ1v) is 5.62. The smallest absolute Gasteiger partial charge is 0.182 e. The lowest BCUT2D eigenvalue weighted by Gasteiger charge is -1.97. The summed E-state index contributed by atoms with van der Waals surface area (Å²) in [5, 5.41) is 4.21. The quantitative estimate of drug-likeness (QED) is 0.731. The normalized spacial score (nSPS) is 11.1. The molecule has 0 fully saturated rings. The summed E-state index contributed by atoms with van der Waals surface area (Å²) in [5.41, 5.74) is 8.19. The van der Waals surface area contributed by atoms with Crippen LogP contribution in [0.15, 0.2) is 30.5 Å². The van der Waals surface area contributed by atoms with E-state index in [2.05, 4.69) is 10.1 Å². The second kappa shape index (κ2) is 4.01. The fourth-order valence-corrected chi connectivity index (χ4v) is 1.93. The first-order chi connectivity index (χ1) is 9.04. The highest BCUT2D eigenvalue weighted by atomic mass is 19.2. The second-order valence-electron chi connectivity index (χ2n) is 4.29. The molecule has 0 aliphatic heterocycles. The number of nitrogens with two attached hydrogens (primary N) is 1. The van der Waals surface area contributed by atoms with E-state index in [0.717, 1.165) is 17.7 Å². The van der Waals surface area contributed by atoms with Crippen LogP contribution in [0.2, 0.25) is 0 Å². The van der Waals surface area contributed by atoms with E-state index in [9.17, 15) is 8.78 Å². The first kappa shape index (κ1) is 11.6. The van der Waals surface area contributed by atoms with E-state index >= 15 is 0 Å². The predicted molar refractivity (Wildman–Crippen MR) is 67.5 cm³/mol. The standard InChI is InChI=1S/C13H10F2N4/c1-7-4-9(16)6-19-13(7)17-12(18-19)8-2-3-10(14)11(15)5-8/h2-6H,16H2,1H3. The minimum absolute atomic E-state index is 0.326. The summed E-state index contributed by atoms with van der Waals surface area (Å²) in [6.45, 7) is 1.86. The van der Waals surface area contributed by atoms with Crippen LogP contribution in [-0.4, -0.2) is 14.6 Å². The van der Waals surface area contributed by atoms with Gasteiger partial charge in [-0.05, 0) is 36.8 Å². The van der Waals surface area contributed by atoms with Gasteiger partial charge in [-0.2, -0.15) is 0 Å². The maximum Gasteiger partial charge on any atom is 0.182 e. The molecule has 0 spiro atoms. The van der Waals surface area contributed by atoms with Gasteiger partial charge in [-0.25, -0.2) is 18.3 Å². The number of rotatable bonds is 1. The Kier molecular flexibility index (Phi) is 2.45. The molecule has 0 aliphatic rings. The van der Waals surface area contributed by atoms with Crippen LogP contribution in [0.3, 0.4) is 0 Å². The van der Waals surface area contributed by atoms with Gasteiger partial charge in [0.15, 0.2) is 23.1 Å². The van der Waals surface area contributed by atoms with Crippen molar-refractivity contribution in [1.82, 2.24) is 14.6 Å². The average Bonchev–Trinajstić information content (AvgIpc) is 2.76. The summed E-state index contributed by atoms with van der Waals surface area (Å²) in [6.07, 6.45) is 1.62. The Hall–Kier alpha value is -2.50.